The second-order valence-electron chi connectivity index (χ2n) is 5.37. The van der Waals surface area contributed by atoms with Crippen molar-refractivity contribution in [2.75, 3.05) is 11.4 Å². The molecule has 0 spiro atoms. The molecule has 1 aromatic carbocycles. The Morgan fingerprint density at radius 2 is 2.16 bits per heavy atom. The number of benzene rings is 1. The average molecular weight is 256 g/mol. The molecule has 1 fully saturated rings. The molecule has 0 saturated carbocycles. The maximum Gasteiger partial charge on any atom is 0.159 e. The summed E-state index contributed by atoms with van der Waals surface area (Å²) in [6, 6.07) is 8.81. The van der Waals surface area contributed by atoms with Crippen molar-refractivity contribution >= 4 is 16.6 Å². The third kappa shape index (κ3) is 2.28. The molecule has 0 radical (unpaired) electrons. The molecular weight excluding hydrogens is 236 g/mol. The van der Waals surface area contributed by atoms with E-state index in [1.165, 1.54) is 18.2 Å². The van der Waals surface area contributed by atoms with Gasteiger partial charge in [0.1, 0.15) is 0 Å². The van der Waals surface area contributed by atoms with Gasteiger partial charge < -0.3 is 10.6 Å². The van der Waals surface area contributed by atoms with E-state index in [0.29, 0.717) is 6.04 Å². The van der Waals surface area contributed by atoms with Crippen molar-refractivity contribution in [3.05, 3.63) is 30.5 Å². The largest absolute Gasteiger partial charge is 0.350 e. The molecule has 1 saturated heterocycles. The average Bonchev–Trinajstić information content (AvgIpc) is 2.46. The first kappa shape index (κ1) is 12.4. The highest BCUT2D eigenvalue weighted by molar-refractivity contribution is 5.91. The van der Waals surface area contributed by atoms with Crippen molar-refractivity contribution < 1.29 is 0 Å². The molecule has 1 aliphatic rings. The van der Waals surface area contributed by atoms with Crippen molar-refractivity contribution in [1.29, 1.82) is 0 Å². The molecule has 2 heterocycles. The second kappa shape index (κ2) is 5.13. The van der Waals surface area contributed by atoms with Gasteiger partial charge in [-0.25, -0.2) is 0 Å². The lowest BCUT2D eigenvalue weighted by atomic mass is 9.96. The maximum atomic E-state index is 6.15. The van der Waals surface area contributed by atoms with Crippen LogP contribution in [0.25, 0.3) is 10.8 Å². The lowest BCUT2D eigenvalue weighted by Gasteiger charge is -2.39. The number of hydrogen-bond acceptors (Lipinski definition) is 4. The van der Waals surface area contributed by atoms with Gasteiger partial charge in [0.25, 0.3) is 0 Å². The Morgan fingerprint density at radius 3 is 3.00 bits per heavy atom. The first-order chi connectivity index (χ1) is 9.27. The van der Waals surface area contributed by atoms with E-state index < -0.39 is 0 Å². The van der Waals surface area contributed by atoms with Gasteiger partial charge in [0.05, 0.1) is 6.20 Å². The smallest absolute Gasteiger partial charge is 0.159 e. The summed E-state index contributed by atoms with van der Waals surface area (Å²) in [5.74, 6) is 0.986. The van der Waals surface area contributed by atoms with E-state index in [4.69, 9.17) is 5.73 Å². The fourth-order valence-corrected chi connectivity index (χ4v) is 2.99. The Hall–Kier alpha value is -1.68. The van der Waals surface area contributed by atoms with E-state index >= 15 is 0 Å². The van der Waals surface area contributed by atoms with Crippen LogP contribution in [0.2, 0.25) is 0 Å². The molecule has 1 aliphatic heterocycles. The number of nitrogens with zero attached hydrogens (tertiary/aromatic N) is 3. The van der Waals surface area contributed by atoms with Gasteiger partial charge in [0.2, 0.25) is 0 Å². The molecule has 2 atom stereocenters. The molecule has 2 unspecified atom stereocenters. The summed E-state index contributed by atoms with van der Waals surface area (Å²) in [7, 11) is 0. The fourth-order valence-electron chi connectivity index (χ4n) is 2.99. The van der Waals surface area contributed by atoms with Gasteiger partial charge in [-0.1, -0.05) is 24.3 Å². The van der Waals surface area contributed by atoms with Gasteiger partial charge in [0, 0.05) is 29.4 Å². The van der Waals surface area contributed by atoms with E-state index in [0.717, 1.165) is 24.2 Å². The Morgan fingerprint density at radius 1 is 1.32 bits per heavy atom. The Labute approximate surface area is 113 Å². The fraction of sp³-hybridized carbons (Fsp3) is 0.467. The number of rotatable bonds is 2. The monoisotopic (exact) mass is 256 g/mol. The number of piperidine rings is 1. The van der Waals surface area contributed by atoms with Gasteiger partial charge in [-0.2, -0.15) is 5.10 Å². The summed E-state index contributed by atoms with van der Waals surface area (Å²) >= 11 is 0. The van der Waals surface area contributed by atoms with E-state index in [1.807, 2.05) is 12.3 Å². The zero-order valence-corrected chi connectivity index (χ0v) is 11.3. The van der Waals surface area contributed by atoms with Crippen LogP contribution in [0.5, 0.6) is 0 Å². The molecule has 3 rings (SSSR count). The van der Waals surface area contributed by atoms with Crippen molar-refractivity contribution in [2.24, 2.45) is 5.73 Å². The van der Waals surface area contributed by atoms with E-state index in [1.54, 1.807) is 0 Å². The summed E-state index contributed by atoms with van der Waals surface area (Å²) in [6.45, 7) is 3.11. The Kier molecular flexibility index (Phi) is 3.34. The minimum atomic E-state index is 0.154. The third-order valence-corrected chi connectivity index (χ3v) is 3.98. The van der Waals surface area contributed by atoms with Crippen LogP contribution in [0.1, 0.15) is 26.2 Å². The predicted octanol–water partition coefficient (Wildman–Crippen LogP) is 2.34. The van der Waals surface area contributed by atoms with Crippen molar-refractivity contribution in [3.63, 3.8) is 0 Å². The number of anilines is 1. The van der Waals surface area contributed by atoms with Crippen LogP contribution >= 0.6 is 0 Å². The zero-order chi connectivity index (χ0) is 13.2. The molecule has 0 amide bonds. The molecule has 0 aliphatic carbocycles. The normalized spacial score (nSPS) is 21.6. The Balaban J connectivity index is 2.07. The molecule has 19 heavy (non-hydrogen) atoms. The molecule has 2 aromatic rings. The van der Waals surface area contributed by atoms with Crippen LogP contribution in [0.3, 0.4) is 0 Å². The third-order valence-electron chi connectivity index (χ3n) is 3.98. The topological polar surface area (TPSA) is 55.0 Å². The van der Waals surface area contributed by atoms with Gasteiger partial charge >= 0.3 is 0 Å². The van der Waals surface area contributed by atoms with E-state index in [9.17, 15) is 0 Å². The van der Waals surface area contributed by atoms with Gasteiger partial charge in [-0.3, -0.25) is 0 Å². The highest BCUT2D eigenvalue weighted by atomic mass is 15.3. The molecule has 100 valence electrons. The predicted molar refractivity (Wildman–Crippen MR) is 78.2 cm³/mol. The zero-order valence-electron chi connectivity index (χ0n) is 11.3. The SMILES string of the molecule is CC(N)C1CCCCN1c1nncc2ccccc12. The summed E-state index contributed by atoms with van der Waals surface area (Å²) in [5.41, 5.74) is 6.15. The molecule has 4 heteroatoms. The minimum absolute atomic E-state index is 0.154. The van der Waals surface area contributed by atoms with Gasteiger partial charge in [0.15, 0.2) is 5.82 Å². The summed E-state index contributed by atoms with van der Waals surface area (Å²) in [6.07, 6.45) is 5.42. The van der Waals surface area contributed by atoms with Crippen LogP contribution in [0.4, 0.5) is 5.82 Å². The van der Waals surface area contributed by atoms with Crippen LogP contribution in [0.15, 0.2) is 30.5 Å². The van der Waals surface area contributed by atoms with Crippen LogP contribution in [-0.2, 0) is 0 Å². The van der Waals surface area contributed by atoms with Crippen LogP contribution in [0, 0.1) is 0 Å². The van der Waals surface area contributed by atoms with Gasteiger partial charge in [-0.05, 0) is 26.2 Å². The van der Waals surface area contributed by atoms with Crippen molar-refractivity contribution in [2.45, 2.75) is 38.3 Å². The van der Waals surface area contributed by atoms with Crippen LogP contribution in [-0.4, -0.2) is 28.8 Å². The van der Waals surface area contributed by atoms with Crippen molar-refractivity contribution in [1.82, 2.24) is 10.2 Å². The number of hydrogen-bond donors (Lipinski definition) is 1. The van der Waals surface area contributed by atoms with E-state index in [2.05, 4.69) is 40.2 Å². The number of fused-ring (bicyclic) bond motifs is 1. The molecule has 2 N–H and O–H groups in total. The standard InChI is InChI=1S/C15H20N4/c1-11(16)14-8-4-5-9-19(14)15-13-7-3-2-6-12(13)10-17-18-15/h2-3,6-7,10-11,14H,4-5,8-9,16H2,1H3. The lowest BCUT2D eigenvalue weighted by molar-refractivity contribution is 0.411. The highest BCUT2D eigenvalue weighted by Gasteiger charge is 2.27. The summed E-state index contributed by atoms with van der Waals surface area (Å²) in [5, 5.41) is 10.8. The summed E-state index contributed by atoms with van der Waals surface area (Å²) < 4.78 is 0. The quantitative estimate of drug-likeness (QED) is 0.896. The van der Waals surface area contributed by atoms with Gasteiger partial charge in [-0.15, -0.1) is 5.10 Å². The van der Waals surface area contributed by atoms with E-state index in [-0.39, 0.29) is 6.04 Å². The second-order valence-corrected chi connectivity index (χ2v) is 5.37. The maximum absolute atomic E-state index is 6.15. The Bertz CT molecular complexity index is 562. The molecular formula is C15H20N4. The lowest BCUT2D eigenvalue weighted by Crippen LogP contribution is -2.49. The number of aromatic nitrogens is 2. The van der Waals surface area contributed by atoms with Crippen LogP contribution < -0.4 is 10.6 Å². The molecule has 0 bridgehead atoms. The first-order valence-corrected chi connectivity index (χ1v) is 7.00. The minimum Gasteiger partial charge on any atom is -0.350 e. The highest BCUT2D eigenvalue weighted by Crippen LogP contribution is 2.29. The molecule has 4 nitrogen and oxygen atoms in total. The first-order valence-electron chi connectivity index (χ1n) is 7.00. The summed E-state index contributed by atoms with van der Waals surface area (Å²) in [4.78, 5) is 2.35. The van der Waals surface area contributed by atoms with Crippen molar-refractivity contribution in [3.8, 4) is 0 Å². The number of nitrogens with two attached hydrogens (primary N) is 1. The molecule has 1 aromatic heterocycles.